The van der Waals surface area contributed by atoms with E-state index < -0.39 is 0 Å². The Morgan fingerprint density at radius 2 is 2.10 bits per heavy atom. The third-order valence-corrected chi connectivity index (χ3v) is 4.14. The second-order valence-corrected chi connectivity index (χ2v) is 5.95. The van der Waals surface area contributed by atoms with Gasteiger partial charge in [-0.15, -0.1) is 0 Å². The van der Waals surface area contributed by atoms with E-state index in [2.05, 4.69) is 44.3 Å². The molecule has 3 heteroatoms. The highest BCUT2D eigenvalue weighted by Crippen LogP contribution is 2.24. The lowest BCUT2D eigenvalue weighted by molar-refractivity contribution is -0.131. The van der Waals surface area contributed by atoms with Crippen molar-refractivity contribution >= 4 is 5.91 Å². The highest BCUT2D eigenvalue weighted by Gasteiger charge is 2.19. The normalized spacial score (nSPS) is 17.6. The molecule has 110 valence electrons. The van der Waals surface area contributed by atoms with Crippen molar-refractivity contribution in [3.05, 3.63) is 34.9 Å². The molecule has 1 unspecified atom stereocenters. The van der Waals surface area contributed by atoms with Crippen LogP contribution in [0.1, 0.15) is 42.4 Å². The molecule has 1 atom stereocenters. The Hall–Kier alpha value is -1.35. The van der Waals surface area contributed by atoms with E-state index in [9.17, 15) is 4.79 Å². The Kier molecular flexibility index (Phi) is 5.18. The van der Waals surface area contributed by atoms with Gasteiger partial charge in [0.05, 0.1) is 0 Å². The van der Waals surface area contributed by atoms with E-state index in [1.54, 1.807) is 0 Å². The van der Waals surface area contributed by atoms with Gasteiger partial charge in [-0.25, -0.2) is 0 Å². The molecular weight excluding hydrogens is 248 g/mol. The minimum Gasteiger partial charge on any atom is -0.341 e. The summed E-state index contributed by atoms with van der Waals surface area (Å²) in [6.07, 6.45) is 1.67. The number of benzene rings is 1. The number of carbonyl (C=O) groups is 1. The minimum atomic E-state index is 0.290. The third kappa shape index (κ3) is 3.83. The fourth-order valence-electron chi connectivity index (χ4n) is 2.89. The van der Waals surface area contributed by atoms with Gasteiger partial charge in [-0.05, 0) is 43.9 Å². The number of aryl methyl sites for hydroxylation is 2. The number of carbonyl (C=O) groups excluding carboxylic acids is 1. The molecule has 1 aromatic rings. The van der Waals surface area contributed by atoms with Gasteiger partial charge >= 0.3 is 0 Å². The highest BCUT2D eigenvalue weighted by atomic mass is 16.2. The molecule has 20 heavy (non-hydrogen) atoms. The summed E-state index contributed by atoms with van der Waals surface area (Å²) in [6, 6.07) is 6.51. The average Bonchev–Trinajstić information content (AvgIpc) is 2.70. The van der Waals surface area contributed by atoms with Crippen LogP contribution in [-0.2, 0) is 4.79 Å². The van der Waals surface area contributed by atoms with Crippen molar-refractivity contribution in [3.8, 4) is 0 Å². The summed E-state index contributed by atoms with van der Waals surface area (Å²) < 4.78 is 0. The van der Waals surface area contributed by atoms with Crippen molar-refractivity contribution in [1.29, 1.82) is 0 Å². The number of rotatable bonds is 3. The van der Waals surface area contributed by atoms with Gasteiger partial charge < -0.3 is 10.2 Å². The summed E-state index contributed by atoms with van der Waals surface area (Å²) in [4.78, 5) is 14.4. The summed E-state index contributed by atoms with van der Waals surface area (Å²) in [5.74, 6) is 0.584. The van der Waals surface area contributed by atoms with Crippen molar-refractivity contribution < 1.29 is 4.79 Å². The molecule has 0 spiro atoms. The van der Waals surface area contributed by atoms with Crippen LogP contribution in [0.25, 0.3) is 0 Å². The summed E-state index contributed by atoms with van der Waals surface area (Å²) in [6.45, 7) is 10.1. The predicted molar refractivity (Wildman–Crippen MR) is 83.0 cm³/mol. The van der Waals surface area contributed by atoms with Crippen LogP contribution in [0.3, 0.4) is 0 Å². The Labute approximate surface area is 122 Å². The summed E-state index contributed by atoms with van der Waals surface area (Å²) in [7, 11) is 0. The zero-order chi connectivity index (χ0) is 14.5. The molecule has 1 fully saturated rings. The molecule has 1 amide bonds. The van der Waals surface area contributed by atoms with Crippen molar-refractivity contribution in [2.45, 2.75) is 39.5 Å². The molecule has 1 heterocycles. The van der Waals surface area contributed by atoms with E-state index in [0.29, 0.717) is 18.2 Å². The van der Waals surface area contributed by atoms with E-state index in [0.717, 1.165) is 32.6 Å². The second-order valence-electron chi connectivity index (χ2n) is 5.95. The van der Waals surface area contributed by atoms with Crippen molar-refractivity contribution in [1.82, 2.24) is 10.2 Å². The molecule has 0 bridgehead atoms. The van der Waals surface area contributed by atoms with E-state index in [1.807, 2.05) is 4.90 Å². The third-order valence-electron chi connectivity index (χ3n) is 4.14. The van der Waals surface area contributed by atoms with Crippen LogP contribution in [0.15, 0.2) is 18.2 Å². The predicted octanol–water partition coefficient (Wildman–Crippen LogP) is 2.62. The molecule has 2 rings (SSSR count). The Balaban J connectivity index is 2.01. The van der Waals surface area contributed by atoms with Crippen molar-refractivity contribution in [2.24, 2.45) is 0 Å². The fourth-order valence-corrected chi connectivity index (χ4v) is 2.89. The number of nitrogens with one attached hydrogen (secondary N) is 1. The first-order valence-electron chi connectivity index (χ1n) is 7.63. The van der Waals surface area contributed by atoms with Crippen LogP contribution in [0.5, 0.6) is 0 Å². The summed E-state index contributed by atoms with van der Waals surface area (Å²) in [5.41, 5.74) is 3.86. The number of nitrogens with zero attached hydrogens (tertiary/aromatic N) is 1. The number of amides is 1. The van der Waals surface area contributed by atoms with Gasteiger partial charge in [0.15, 0.2) is 0 Å². The molecule has 1 aliphatic rings. The maximum atomic E-state index is 12.4. The first-order valence-corrected chi connectivity index (χ1v) is 7.63. The SMILES string of the molecule is Cc1ccc(C)c(C(C)CC(=O)N2CCCNCC2)c1. The zero-order valence-electron chi connectivity index (χ0n) is 12.9. The van der Waals surface area contributed by atoms with E-state index in [-0.39, 0.29) is 0 Å². The first-order chi connectivity index (χ1) is 9.58. The monoisotopic (exact) mass is 274 g/mol. The molecule has 1 aromatic carbocycles. The molecule has 1 N–H and O–H groups in total. The fraction of sp³-hybridized carbons (Fsp3) is 0.588. The van der Waals surface area contributed by atoms with Crippen molar-refractivity contribution in [2.75, 3.05) is 26.2 Å². The molecule has 0 saturated carbocycles. The van der Waals surface area contributed by atoms with Crippen LogP contribution >= 0.6 is 0 Å². The lowest BCUT2D eigenvalue weighted by atomic mass is 9.92. The first kappa shape index (κ1) is 15.0. The molecule has 0 radical (unpaired) electrons. The van der Waals surface area contributed by atoms with Gasteiger partial charge in [-0.2, -0.15) is 0 Å². The molecule has 0 aliphatic carbocycles. The zero-order valence-corrected chi connectivity index (χ0v) is 12.9. The lowest BCUT2D eigenvalue weighted by Gasteiger charge is -2.23. The molecule has 1 saturated heterocycles. The van der Waals surface area contributed by atoms with Crippen LogP contribution in [0, 0.1) is 13.8 Å². The quantitative estimate of drug-likeness (QED) is 0.919. The van der Waals surface area contributed by atoms with E-state index >= 15 is 0 Å². The van der Waals surface area contributed by atoms with Gasteiger partial charge in [0.2, 0.25) is 5.91 Å². The molecular formula is C17H26N2O. The standard InChI is InChI=1S/C17H26N2O/c1-13-5-6-14(2)16(11-13)15(3)12-17(20)19-9-4-7-18-8-10-19/h5-6,11,15,18H,4,7-10,12H2,1-3H3. The number of hydrogen-bond acceptors (Lipinski definition) is 2. The second kappa shape index (κ2) is 6.89. The molecule has 0 aromatic heterocycles. The van der Waals surface area contributed by atoms with Gasteiger partial charge in [0.25, 0.3) is 0 Å². The topological polar surface area (TPSA) is 32.3 Å². The summed E-state index contributed by atoms with van der Waals surface area (Å²) >= 11 is 0. The van der Waals surface area contributed by atoms with Gasteiger partial charge in [0.1, 0.15) is 0 Å². The molecule has 1 aliphatic heterocycles. The smallest absolute Gasteiger partial charge is 0.223 e. The maximum absolute atomic E-state index is 12.4. The van der Waals surface area contributed by atoms with Gasteiger partial charge in [-0.3, -0.25) is 4.79 Å². The van der Waals surface area contributed by atoms with Crippen LogP contribution in [-0.4, -0.2) is 37.0 Å². The Morgan fingerprint density at radius 3 is 2.90 bits per heavy atom. The van der Waals surface area contributed by atoms with E-state index in [4.69, 9.17) is 0 Å². The minimum absolute atomic E-state index is 0.290. The average molecular weight is 274 g/mol. The van der Waals surface area contributed by atoms with Crippen LogP contribution in [0.4, 0.5) is 0 Å². The number of hydrogen-bond donors (Lipinski definition) is 1. The van der Waals surface area contributed by atoms with E-state index in [1.165, 1.54) is 16.7 Å². The Morgan fingerprint density at radius 1 is 1.30 bits per heavy atom. The lowest BCUT2D eigenvalue weighted by Crippen LogP contribution is -2.34. The van der Waals surface area contributed by atoms with Crippen LogP contribution in [0.2, 0.25) is 0 Å². The van der Waals surface area contributed by atoms with Gasteiger partial charge in [0, 0.05) is 26.1 Å². The molecule has 3 nitrogen and oxygen atoms in total. The largest absolute Gasteiger partial charge is 0.341 e. The van der Waals surface area contributed by atoms with Crippen LogP contribution < -0.4 is 5.32 Å². The summed E-state index contributed by atoms with van der Waals surface area (Å²) in [5, 5.41) is 3.34. The highest BCUT2D eigenvalue weighted by molar-refractivity contribution is 5.77. The van der Waals surface area contributed by atoms with Gasteiger partial charge in [-0.1, -0.05) is 30.7 Å². The van der Waals surface area contributed by atoms with Crippen molar-refractivity contribution in [3.63, 3.8) is 0 Å². The maximum Gasteiger partial charge on any atom is 0.223 e. The Bertz CT molecular complexity index is 462.